The van der Waals surface area contributed by atoms with Crippen molar-refractivity contribution in [2.24, 2.45) is 0 Å². The number of carbonyl (C=O) groups excluding carboxylic acids is 1. The summed E-state index contributed by atoms with van der Waals surface area (Å²) in [5, 5.41) is 3.45. The number of hydrogen-bond acceptors (Lipinski definition) is 4. The van der Waals surface area contributed by atoms with Gasteiger partial charge in [-0.15, -0.1) is 0 Å². The molecule has 29 heavy (non-hydrogen) atoms. The van der Waals surface area contributed by atoms with Crippen LogP contribution in [0.2, 0.25) is 0 Å². The topological polar surface area (TPSA) is 50.8 Å². The first-order valence-corrected chi connectivity index (χ1v) is 10.4. The van der Waals surface area contributed by atoms with Crippen LogP contribution in [0.25, 0.3) is 0 Å². The minimum absolute atomic E-state index is 0.00349. The Morgan fingerprint density at radius 2 is 1.97 bits per heavy atom. The molecule has 0 saturated heterocycles. The second kappa shape index (κ2) is 9.31. The van der Waals surface area contributed by atoms with Crippen molar-refractivity contribution >= 4 is 11.6 Å². The van der Waals surface area contributed by atoms with Crippen LogP contribution in [0.1, 0.15) is 51.3 Å². The Labute approximate surface area is 174 Å². The van der Waals surface area contributed by atoms with Crippen LogP contribution in [0.15, 0.2) is 42.5 Å². The number of nitrogens with one attached hydrogen (secondary N) is 1. The fourth-order valence-corrected chi connectivity index (χ4v) is 3.94. The van der Waals surface area contributed by atoms with Gasteiger partial charge in [-0.2, -0.15) is 0 Å². The number of fused-ring (bicyclic) bond motifs is 1. The van der Waals surface area contributed by atoms with Crippen LogP contribution < -0.4 is 19.7 Å². The third-order valence-electron chi connectivity index (χ3n) is 5.46. The lowest BCUT2D eigenvalue weighted by molar-refractivity contribution is -0.120. The molecule has 0 radical (unpaired) electrons. The van der Waals surface area contributed by atoms with E-state index in [0.717, 1.165) is 29.8 Å². The molecule has 1 aliphatic heterocycles. The molecule has 0 bridgehead atoms. The zero-order chi connectivity index (χ0) is 21.0. The molecule has 1 N–H and O–H groups in total. The molecule has 5 heteroatoms. The van der Waals surface area contributed by atoms with Crippen molar-refractivity contribution in [1.82, 2.24) is 5.32 Å². The van der Waals surface area contributed by atoms with Crippen molar-refractivity contribution < 1.29 is 14.3 Å². The first-order chi connectivity index (χ1) is 14.0. The molecule has 156 valence electrons. The maximum atomic E-state index is 13.2. The van der Waals surface area contributed by atoms with Gasteiger partial charge in [0.15, 0.2) is 11.5 Å². The molecule has 2 aromatic rings. The Morgan fingerprint density at radius 3 is 2.69 bits per heavy atom. The number of carbonyl (C=O) groups is 1. The number of nitrogens with zero attached hydrogens (tertiary/aromatic N) is 1. The third kappa shape index (κ3) is 4.56. The molecular weight excluding hydrogens is 364 g/mol. The van der Waals surface area contributed by atoms with Crippen LogP contribution in [0.4, 0.5) is 5.69 Å². The number of anilines is 1. The highest BCUT2D eigenvalue weighted by atomic mass is 16.5. The first kappa shape index (κ1) is 21.2. The first-order valence-electron chi connectivity index (χ1n) is 10.4. The van der Waals surface area contributed by atoms with Gasteiger partial charge in [-0.05, 0) is 62.9 Å². The van der Waals surface area contributed by atoms with Crippen molar-refractivity contribution in [3.8, 4) is 11.5 Å². The number of rotatable bonds is 8. The van der Waals surface area contributed by atoms with Crippen LogP contribution in [-0.2, 0) is 11.2 Å². The van der Waals surface area contributed by atoms with Gasteiger partial charge in [-0.25, -0.2) is 0 Å². The summed E-state index contributed by atoms with van der Waals surface area (Å²) >= 11 is 0. The van der Waals surface area contributed by atoms with E-state index in [1.165, 1.54) is 5.56 Å². The molecule has 5 nitrogen and oxygen atoms in total. The summed E-state index contributed by atoms with van der Waals surface area (Å²) in [7, 11) is 1.65. The molecule has 0 saturated carbocycles. The fraction of sp³-hybridized carbons (Fsp3) is 0.458. The summed E-state index contributed by atoms with van der Waals surface area (Å²) in [5.41, 5.74) is 3.33. The molecule has 3 atom stereocenters. The van der Waals surface area contributed by atoms with E-state index in [9.17, 15) is 4.79 Å². The molecular formula is C24H32N2O3. The summed E-state index contributed by atoms with van der Waals surface area (Å²) in [6.07, 6.45) is 1.85. The van der Waals surface area contributed by atoms with Crippen molar-refractivity contribution in [3.05, 3.63) is 53.6 Å². The Kier molecular flexibility index (Phi) is 6.80. The van der Waals surface area contributed by atoms with Gasteiger partial charge in [0.05, 0.1) is 19.8 Å². The summed E-state index contributed by atoms with van der Waals surface area (Å²) in [4.78, 5) is 15.1. The van der Waals surface area contributed by atoms with Gasteiger partial charge >= 0.3 is 0 Å². The second-order valence-corrected chi connectivity index (χ2v) is 7.76. The predicted molar refractivity (Wildman–Crippen MR) is 117 cm³/mol. The molecule has 3 rings (SSSR count). The minimum Gasteiger partial charge on any atom is -0.493 e. The van der Waals surface area contributed by atoms with Crippen molar-refractivity contribution in [2.75, 3.05) is 18.6 Å². The number of methoxy groups -OCH3 is 1. The molecule has 0 spiro atoms. The zero-order valence-corrected chi connectivity index (χ0v) is 18.1. The lowest BCUT2D eigenvalue weighted by Gasteiger charge is -2.28. The molecule has 0 aromatic heterocycles. The van der Waals surface area contributed by atoms with E-state index in [0.29, 0.717) is 12.4 Å². The van der Waals surface area contributed by atoms with Crippen LogP contribution >= 0.6 is 0 Å². The van der Waals surface area contributed by atoms with E-state index in [4.69, 9.17) is 9.47 Å². The largest absolute Gasteiger partial charge is 0.493 e. The van der Waals surface area contributed by atoms with Crippen LogP contribution in [-0.4, -0.2) is 31.7 Å². The molecule has 1 heterocycles. The number of para-hydroxylation sites is 1. The minimum atomic E-state index is -0.305. The smallest absolute Gasteiger partial charge is 0.244 e. The Morgan fingerprint density at radius 1 is 1.21 bits per heavy atom. The van der Waals surface area contributed by atoms with Crippen molar-refractivity contribution in [1.29, 1.82) is 0 Å². The van der Waals surface area contributed by atoms with E-state index in [1.54, 1.807) is 7.11 Å². The van der Waals surface area contributed by atoms with Crippen molar-refractivity contribution in [3.63, 3.8) is 0 Å². The Hall–Kier alpha value is -2.53. The lowest BCUT2D eigenvalue weighted by Crippen LogP contribution is -2.47. The average Bonchev–Trinajstić information content (AvgIpc) is 3.06. The lowest BCUT2D eigenvalue weighted by atomic mass is 10.1. The SMILES string of the molecule is CCCOc1ccc(C(C)NC(C)C(=O)N2c3ccccc3CC2C)cc1OC. The van der Waals surface area contributed by atoms with Gasteiger partial charge in [0, 0.05) is 17.8 Å². The molecule has 3 unspecified atom stereocenters. The van der Waals surface area contributed by atoms with E-state index in [1.807, 2.05) is 48.2 Å². The number of ether oxygens (including phenoxy) is 2. The molecule has 2 aromatic carbocycles. The maximum absolute atomic E-state index is 13.2. The third-order valence-corrected chi connectivity index (χ3v) is 5.46. The zero-order valence-electron chi connectivity index (χ0n) is 18.1. The van der Waals surface area contributed by atoms with E-state index in [2.05, 4.69) is 32.2 Å². The second-order valence-electron chi connectivity index (χ2n) is 7.76. The quantitative estimate of drug-likeness (QED) is 0.714. The molecule has 1 amide bonds. The van der Waals surface area contributed by atoms with Crippen molar-refractivity contribution in [2.45, 2.75) is 58.7 Å². The highest BCUT2D eigenvalue weighted by Gasteiger charge is 2.33. The number of amides is 1. The summed E-state index contributed by atoms with van der Waals surface area (Å²) < 4.78 is 11.2. The highest BCUT2D eigenvalue weighted by molar-refractivity contribution is 5.99. The van der Waals surface area contributed by atoms with Crippen LogP contribution in [0, 0.1) is 0 Å². The van der Waals surface area contributed by atoms with Gasteiger partial charge in [-0.3, -0.25) is 10.1 Å². The van der Waals surface area contributed by atoms with Gasteiger partial charge in [0.1, 0.15) is 0 Å². The Balaban J connectivity index is 1.70. The standard InChI is InChI=1S/C24H32N2O3/c1-6-13-29-22-12-11-19(15-23(22)28-5)17(3)25-18(4)24(27)26-16(2)14-20-9-7-8-10-21(20)26/h7-12,15-18,25H,6,13-14H2,1-5H3. The van der Waals surface area contributed by atoms with Gasteiger partial charge < -0.3 is 14.4 Å². The monoisotopic (exact) mass is 396 g/mol. The van der Waals surface area contributed by atoms with Gasteiger partial charge in [0.25, 0.3) is 0 Å². The van der Waals surface area contributed by atoms with Crippen LogP contribution in [0.3, 0.4) is 0 Å². The van der Waals surface area contributed by atoms with E-state index in [-0.39, 0.29) is 24.0 Å². The summed E-state index contributed by atoms with van der Waals surface area (Å²) in [6, 6.07) is 14.0. The summed E-state index contributed by atoms with van der Waals surface area (Å²) in [5.74, 6) is 1.56. The molecule has 0 aliphatic carbocycles. The maximum Gasteiger partial charge on any atom is 0.244 e. The normalized spacial score (nSPS) is 17.6. The van der Waals surface area contributed by atoms with E-state index < -0.39 is 0 Å². The van der Waals surface area contributed by atoms with Gasteiger partial charge in [0.2, 0.25) is 5.91 Å². The van der Waals surface area contributed by atoms with E-state index >= 15 is 0 Å². The van der Waals surface area contributed by atoms with Crippen LogP contribution in [0.5, 0.6) is 11.5 Å². The average molecular weight is 397 g/mol. The molecule has 1 aliphatic rings. The Bertz CT molecular complexity index is 852. The number of hydrogen-bond donors (Lipinski definition) is 1. The fourth-order valence-electron chi connectivity index (χ4n) is 3.94. The van der Waals surface area contributed by atoms with Gasteiger partial charge in [-0.1, -0.05) is 31.2 Å². The highest BCUT2D eigenvalue weighted by Crippen LogP contribution is 2.33. The predicted octanol–water partition coefficient (Wildman–Crippen LogP) is 4.50. The number of benzene rings is 2. The molecule has 0 fully saturated rings. The summed E-state index contributed by atoms with van der Waals surface area (Å²) in [6.45, 7) is 8.83.